The third kappa shape index (κ3) is 3.95. The number of furan rings is 1. The molecule has 1 aromatic carbocycles. The molecule has 0 saturated carbocycles. The lowest BCUT2D eigenvalue weighted by atomic mass is 10.0. The van der Waals surface area contributed by atoms with E-state index in [9.17, 15) is 5.11 Å². The molecule has 3 aromatic rings. The number of ether oxygens (including phenoxy) is 1. The molecule has 5 nitrogen and oxygen atoms in total. The van der Waals surface area contributed by atoms with Crippen molar-refractivity contribution in [2.75, 3.05) is 19.6 Å². The first-order valence-electron chi connectivity index (χ1n) is 8.89. The molecular weight excluding hydrogens is 328 g/mol. The van der Waals surface area contributed by atoms with Crippen molar-refractivity contribution in [3.8, 4) is 5.75 Å². The number of likely N-dealkylation sites (tertiary alicyclic amines) is 1. The Hall–Kier alpha value is -2.63. The van der Waals surface area contributed by atoms with Gasteiger partial charge in [-0.25, -0.2) is 0 Å². The quantitative estimate of drug-likeness (QED) is 0.765. The summed E-state index contributed by atoms with van der Waals surface area (Å²) in [7, 11) is 0. The molecule has 0 unspecified atom stereocenters. The number of rotatable bonds is 5. The van der Waals surface area contributed by atoms with Gasteiger partial charge < -0.3 is 14.3 Å². The summed E-state index contributed by atoms with van der Waals surface area (Å²) in [5.41, 5.74) is 0. The first-order chi connectivity index (χ1) is 12.8. The molecule has 2 aromatic heterocycles. The minimum absolute atomic E-state index is 0.186. The van der Waals surface area contributed by atoms with Crippen molar-refractivity contribution in [1.29, 1.82) is 0 Å². The maximum absolute atomic E-state index is 10.5. The predicted molar refractivity (Wildman–Crippen MR) is 101 cm³/mol. The summed E-state index contributed by atoms with van der Waals surface area (Å²) < 4.78 is 11.3. The Kier molecular flexibility index (Phi) is 5.00. The van der Waals surface area contributed by atoms with Crippen LogP contribution >= 0.6 is 0 Å². The lowest BCUT2D eigenvalue weighted by Crippen LogP contribution is -2.48. The topological polar surface area (TPSA) is 58.7 Å². The SMILES string of the molecule is O[C@@H]1CN(C/C=C/c2ccco2)CC[C@H]1Oc1ccc2ccncc2c1. The van der Waals surface area contributed by atoms with E-state index in [0.29, 0.717) is 6.54 Å². The van der Waals surface area contributed by atoms with E-state index in [1.54, 1.807) is 12.5 Å². The second kappa shape index (κ2) is 7.72. The molecule has 1 saturated heterocycles. The monoisotopic (exact) mass is 350 g/mol. The zero-order valence-corrected chi connectivity index (χ0v) is 14.5. The molecule has 1 aliphatic heterocycles. The Morgan fingerprint density at radius 3 is 3.08 bits per heavy atom. The van der Waals surface area contributed by atoms with Crippen LogP contribution in [-0.2, 0) is 0 Å². The minimum Gasteiger partial charge on any atom is -0.488 e. The lowest BCUT2D eigenvalue weighted by molar-refractivity contribution is -0.0220. The lowest BCUT2D eigenvalue weighted by Gasteiger charge is -2.35. The van der Waals surface area contributed by atoms with Gasteiger partial charge >= 0.3 is 0 Å². The van der Waals surface area contributed by atoms with Gasteiger partial charge in [0, 0.05) is 37.4 Å². The molecule has 134 valence electrons. The van der Waals surface area contributed by atoms with Crippen LogP contribution in [0.5, 0.6) is 5.75 Å². The van der Waals surface area contributed by atoms with Crippen molar-refractivity contribution < 1.29 is 14.3 Å². The summed E-state index contributed by atoms with van der Waals surface area (Å²) in [5.74, 6) is 1.62. The molecule has 0 bridgehead atoms. The first-order valence-corrected chi connectivity index (χ1v) is 8.89. The summed E-state index contributed by atoms with van der Waals surface area (Å²) in [4.78, 5) is 6.36. The largest absolute Gasteiger partial charge is 0.488 e. The van der Waals surface area contributed by atoms with Crippen LogP contribution < -0.4 is 4.74 Å². The van der Waals surface area contributed by atoms with Gasteiger partial charge in [0.05, 0.1) is 6.26 Å². The number of piperidine rings is 1. The summed E-state index contributed by atoms with van der Waals surface area (Å²) in [6.45, 7) is 2.27. The van der Waals surface area contributed by atoms with E-state index in [1.807, 2.05) is 48.7 Å². The zero-order chi connectivity index (χ0) is 17.8. The van der Waals surface area contributed by atoms with Gasteiger partial charge in [0.2, 0.25) is 0 Å². The maximum atomic E-state index is 10.5. The van der Waals surface area contributed by atoms with Gasteiger partial charge in [-0.05, 0) is 48.2 Å². The van der Waals surface area contributed by atoms with Gasteiger partial charge in [-0.15, -0.1) is 0 Å². The van der Waals surface area contributed by atoms with Crippen LogP contribution in [0.4, 0.5) is 0 Å². The molecule has 0 spiro atoms. The molecule has 4 rings (SSSR count). The third-order valence-electron chi connectivity index (χ3n) is 4.69. The third-order valence-corrected chi connectivity index (χ3v) is 4.69. The van der Waals surface area contributed by atoms with Gasteiger partial charge in [-0.2, -0.15) is 0 Å². The number of hydrogen-bond donors (Lipinski definition) is 1. The van der Waals surface area contributed by atoms with Crippen molar-refractivity contribution in [3.05, 3.63) is 66.9 Å². The van der Waals surface area contributed by atoms with E-state index >= 15 is 0 Å². The predicted octanol–water partition coefficient (Wildman–Crippen LogP) is 3.36. The fraction of sp³-hybridized carbons (Fsp3) is 0.286. The molecule has 1 fully saturated rings. The number of benzene rings is 1. The van der Waals surface area contributed by atoms with Crippen molar-refractivity contribution in [3.63, 3.8) is 0 Å². The maximum Gasteiger partial charge on any atom is 0.127 e. The first kappa shape index (κ1) is 16.8. The standard InChI is InChI=1S/C21H22N2O3/c24-20-15-23(10-1-3-18-4-2-12-25-18)11-8-21(20)26-19-6-5-16-7-9-22-14-17(16)13-19/h1-7,9,12-14,20-21,24H,8,10-11,15H2/b3-1+/t20-,21-/m1/s1. The number of aliphatic hydroxyl groups is 1. The molecule has 0 aliphatic carbocycles. The average Bonchev–Trinajstić information content (AvgIpc) is 3.17. The second-order valence-corrected chi connectivity index (χ2v) is 6.57. The highest BCUT2D eigenvalue weighted by Gasteiger charge is 2.28. The minimum atomic E-state index is -0.509. The number of hydrogen-bond acceptors (Lipinski definition) is 5. The second-order valence-electron chi connectivity index (χ2n) is 6.57. The fourth-order valence-corrected chi connectivity index (χ4v) is 3.29. The molecule has 3 heterocycles. The van der Waals surface area contributed by atoms with Crippen LogP contribution in [0, 0.1) is 0 Å². The Labute approximate surface area is 152 Å². The van der Waals surface area contributed by atoms with Crippen molar-refractivity contribution in [1.82, 2.24) is 9.88 Å². The molecular formula is C21H22N2O3. The highest BCUT2D eigenvalue weighted by Crippen LogP contribution is 2.23. The van der Waals surface area contributed by atoms with Crippen LogP contribution in [0.3, 0.4) is 0 Å². The number of fused-ring (bicyclic) bond motifs is 1. The molecule has 5 heteroatoms. The molecule has 0 amide bonds. The average molecular weight is 350 g/mol. The number of aliphatic hydroxyl groups excluding tert-OH is 1. The summed E-state index contributed by atoms with van der Waals surface area (Å²) in [6, 6.07) is 11.7. The fourth-order valence-electron chi connectivity index (χ4n) is 3.29. The summed E-state index contributed by atoms with van der Waals surface area (Å²) in [5, 5.41) is 12.6. The molecule has 1 aliphatic rings. The van der Waals surface area contributed by atoms with Gasteiger partial charge in [-0.3, -0.25) is 9.88 Å². The molecule has 26 heavy (non-hydrogen) atoms. The van der Waals surface area contributed by atoms with E-state index in [1.165, 1.54) is 0 Å². The Morgan fingerprint density at radius 2 is 2.23 bits per heavy atom. The molecule has 1 N–H and O–H groups in total. The number of nitrogens with zero attached hydrogens (tertiary/aromatic N) is 2. The van der Waals surface area contributed by atoms with Crippen LogP contribution in [0.15, 0.2) is 65.5 Å². The highest BCUT2D eigenvalue weighted by molar-refractivity contribution is 5.82. The van der Waals surface area contributed by atoms with E-state index in [-0.39, 0.29) is 6.10 Å². The van der Waals surface area contributed by atoms with Gasteiger partial charge in [0.25, 0.3) is 0 Å². The van der Waals surface area contributed by atoms with E-state index in [4.69, 9.17) is 9.15 Å². The van der Waals surface area contributed by atoms with E-state index in [2.05, 4.69) is 16.0 Å². The van der Waals surface area contributed by atoms with Gasteiger partial charge in [0.15, 0.2) is 0 Å². The Balaban J connectivity index is 1.33. The zero-order valence-electron chi connectivity index (χ0n) is 14.5. The van der Waals surface area contributed by atoms with Gasteiger partial charge in [0.1, 0.15) is 23.7 Å². The van der Waals surface area contributed by atoms with Crippen molar-refractivity contribution >= 4 is 16.8 Å². The van der Waals surface area contributed by atoms with Gasteiger partial charge in [-0.1, -0.05) is 12.1 Å². The van der Waals surface area contributed by atoms with Crippen LogP contribution in [0.1, 0.15) is 12.2 Å². The van der Waals surface area contributed by atoms with Crippen molar-refractivity contribution in [2.45, 2.75) is 18.6 Å². The summed E-state index contributed by atoms with van der Waals surface area (Å²) >= 11 is 0. The Bertz CT molecular complexity index is 876. The number of pyridine rings is 1. The summed E-state index contributed by atoms with van der Waals surface area (Å²) in [6.07, 6.45) is 9.38. The molecule has 2 atom stereocenters. The molecule has 0 radical (unpaired) electrons. The van der Waals surface area contributed by atoms with Crippen LogP contribution in [0.2, 0.25) is 0 Å². The van der Waals surface area contributed by atoms with Crippen LogP contribution in [-0.4, -0.2) is 46.8 Å². The van der Waals surface area contributed by atoms with E-state index < -0.39 is 6.10 Å². The highest BCUT2D eigenvalue weighted by atomic mass is 16.5. The van der Waals surface area contributed by atoms with E-state index in [0.717, 1.165) is 41.8 Å². The smallest absolute Gasteiger partial charge is 0.127 e. The normalized spacial score (nSPS) is 21.4. The number of aromatic nitrogens is 1. The Morgan fingerprint density at radius 1 is 1.27 bits per heavy atom. The number of β-amino-alcohol motifs (C(OH)–C–C–N with tert-alkyl or cyclic N) is 1. The van der Waals surface area contributed by atoms with Crippen LogP contribution in [0.25, 0.3) is 16.8 Å². The van der Waals surface area contributed by atoms with Crippen molar-refractivity contribution in [2.24, 2.45) is 0 Å².